The normalized spacial score (nSPS) is 12.2. The van der Waals surface area contributed by atoms with Gasteiger partial charge in [-0.05, 0) is 81.3 Å². The molecule has 0 saturated heterocycles. The molecule has 40 heavy (non-hydrogen) atoms. The number of halogens is 3. The first-order valence-corrected chi connectivity index (χ1v) is 15.3. The van der Waals surface area contributed by atoms with Gasteiger partial charge in [0.25, 0.3) is 10.0 Å². The predicted octanol–water partition coefficient (Wildman–Crippen LogP) is 6.48. The van der Waals surface area contributed by atoms with Crippen LogP contribution < -0.4 is 9.62 Å². The van der Waals surface area contributed by atoms with Crippen molar-refractivity contribution in [3.8, 4) is 0 Å². The maximum Gasteiger partial charge on any atom is 0.264 e. The average molecular weight is 625 g/mol. The molecule has 3 aromatic rings. The van der Waals surface area contributed by atoms with E-state index in [1.807, 2.05) is 20.8 Å². The van der Waals surface area contributed by atoms with Gasteiger partial charge in [0, 0.05) is 27.7 Å². The summed E-state index contributed by atoms with van der Waals surface area (Å²) in [5.74, 6) is -0.923. The second-order valence-electron chi connectivity index (χ2n) is 9.65. The molecule has 3 aromatic carbocycles. The minimum atomic E-state index is -4.19. The summed E-state index contributed by atoms with van der Waals surface area (Å²) < 4.78 is 28.7. The molecular formula is C29H32Cl3N3O4S. The number of rotatable bonds is 11. The van der Waals surface area contributed by atoms with Gasteiger partial charge in [0.1, 0.15) is 12.6 Å². The van der Waals surface area contributed by atoms with E-state index in [2.05, 4.69) is 5.32 Å². The topological polar surface area (TPSA) is 86.8 Å². The zero-order valence-electron chi connectivity index (χ0n) is 22.7. The lowest BCUT2D eigenvalue weighted by Gasteiger charge is -2.33. The number of carbonyl (C=O) groups is 2. The Bertz CT molecular complexity index is 1450. The molecule has 0 heterocycles. The second-order valence-corrected chi connectivity index (χ2v) is 12.8. The quantitative estimate of drug-likeness (QED) is 0.265. The minimum Gasteiger partial charge on any atom is -0.352 e. The molecular weight excluding hydrogens is 593 g/mol. The van der Waals surface area contributed by atoms with Crippen LogP contribution in [0, 0.1) is 6.92 Å². The molecule has 214 valence electrons. The van der Waals surface area contributed by atoms with Gasteiger partial charge in [-0.15, -0.1) is 0 Å². The highest BCUT2D eigenvalue weighted by Gasteiger charge is 2.34. The fourth-order valence-corrected chi connectivity index (χ4v) is 6.12. The lowest BCUT2D eigenvalue weighted by atomic mass is 10.1. The van der Waals surface area contributed by atoms with E-state index in [1.54, 1.807) is 49.4 Å². The van der Waals surface area contributed by atoms with Crippen LogP contribution in [0.3, 0.4) is 0 Å². The number of hydrogen-bond donors (Lipinski definition) is 1. The first-order valence-electron chi connectivity index (χ1n) is 12.7. The van der Waals surface area contributed by atoms with Crippen LogP contribution in [-0.2, 0) is 26.2 Å². The third kappa shape index (κ3) is 7.91. The summed E-state index contributed by atoms with van der Waals surface area (Å²) in [4.78, 5) is 28.6. The standard InChI is InChI=1S/C29H32Cl3N3O4S/c1-5-27(29(37)33-19(2)3)34(17-21-8-9-23(31)16-26(21)32)28(36)18-35(24-12-6-20(4)7-13-24)40(38,39)25-14-10-22(30)11-15-25/h6-16,19,27H,5,17-18H2,1-4H3,(H,33,37)/t27-/m1/s1. The van der Waals surface area contributed by atoms with Gasteiger partial charge in [-0.2, -0.15) is 0 Å². The van der Waals surface area contributed by atoms with Crippen LogP contribution in [0.5, 0.6) is 0 Å². The Morgan fingerprint density at radius 3 is 2.05 bits per heavy atom. The molecule has 0 radical (unpaired) electrons. The third-order valence-electron chi connectivity index (χ3n) is 6.18. The van der Waals surface area contributed by atoms with Crippen molar-refractivity contribution in [2.45, 2.75) is 57.6 Å². The van der Waals surface area contributed by atoms with E-state index < -0.39 is 28.5 Å². The van der Waals surface area contributed by atoms with Crippen LogP contribution in [0.1, 0.15) is 38.3 Å². The van der Waals surface area contributed by atoms with Crippen molar-refractivity contribution in [1.29, 1.82) is 0 Å². The van der Waals surface area contributed by atoms with Gasteiger partial charge in [0.05, 0.1) is 10.6 Å². The van der Waals surface area contributed by atoms with Crippen molar-refractivity contribution in [3.05, 3.63) is 92.9 Å². The summed E-state index contributed by atoms with van der Waals surface area (Å²) in [5.41, 5.74) is 1.80. The van der Waals surface area contributed by atoms with Crippen molar-refractivity contribution in [2.75, 3.05) is 10.8 Å². The van der Waals surface area contributed by atoms with E-state index in [1.165, 1.54) is 29.2 Å². The SMILES string of the molecule is CC[C@H](C(=O)NC(C)C)N(Cc1ccc(Cl)cc1Cl)C(=O)CN(c1ccc(C)cc1)S(=O)(=O)c1ccc(Cl)cc1. The molecule has 0 aliphatic heterocycles. The highest BCUT2D eigenvalue weighted by atomic mass is 35.5. The van der Waals surface area contributed by atoms with Crippen molar-refractivity contribution in [1.82, 2.24) is 10.2 Å². The fraction of sp³-hybridized carbons (Fsp3) is 0.310. The molecule has 1 atom stereocenters. The molecule has 2 amide bonds. The molecule has 3 rings (SSSR count). The lowest BCUT2D eigenvalue weighted by Crippen LogP contribution is -2.53. The van der Waals surface area contributed by atoms with E-state index in [0.717, 1.165) is 9.87 Å². The van der Waals surface area contributed by atoms with Crippen LogP contribution in [-0.4, -0.2) is 43.8 Å². The first kappa shape index (κ1) is 31.7. The van der Waals surface area contributed by atoms with E-state index in [-0.39, 0.29) is 23.4 Å². The first-order chi connectivity index (χ1) is 18.8. The summed E-state index contributed by atoms with van der Waals surface area (Å²) in [5, 5.41) is 3.99. The highest BCUT2D eigenvalue weighted by Crippen LogP contribution is 2.27. The molecule has 0 aliphatic carbocycles. The number of benzene rings is 3. The van der Waals surface area contributed by atoms with E-state index in [4.69, 9.17) is 34.8 Å². The zero-order valence-corrected chi connectivity index (χ0v) is 25.8. The Morgan fingerprint density at radius 1 is 0.900 bits per heavy atom. The monoisotopic (exact) mass is 623 g/mol. The summed E-state index contributed by atoms with van der Waals surface area (Å²) in [7, 11) is -4.19. The number of amides is 2. The Hall–Kier alpha value is -2.78. The number of nitrogens with one attached hydrogen (secondary N) is 1. The number of sulfonamides is 1. The van der Waals surface area contributed by atoms with Crippen LogP contribution in [0.15, 0.2) is 71.6 Å². The number of carbonyl (C=O) groups excluding carboxylic acids is 2. The smallest absolute Gasteiger partial charge is 0.264 e. The van der Waals surface area contributed by atoms with Crippen LogP contribution in [0.4, 0.5) is 5.69 Å². The van der Waals surface area contributed by atoms with Crippen molar-refractivity contribution in [3.63, 3.8) is 0 Å². The molecule has 0 aromatic heterocycles. The summed E-state index contributed by atoms with van der Waals surface area (Å²) in [6.07, 6.45) is 0.296. The van der Waals surface area contributed by atoms with Crippen molar-refractivity contribution in [2.24, 2.45) is 0 Å². The molecule has 0 unspecified atom stereocenters. The Morgan fingerprint density at radius 2 is 1.50 bits per heavy atom. The fourth-order valence-electron chi connectivity index (χ4n) is 4.11. The zero-order chi connectivity index (χ0) is 29.6. The number of aryl methyl sites for hydroxylation is 1. The molecule has 11 heteroatoms. The van der Waals surface area contributed by atoms with Gasteiger partial charge in [-0.1, -0.05) is 65.5 Å². The summed E-state index contributed by atoms with van der Waals surface area (Å²) >= 11 is 18.5. The van der Waals surface area contributed by atoms with Gasteiger partial charge in [-0.3, -0.25) is 13.9 Å². The number of anilines is 1. The van der Waals surface area contributed by atoms with Gasteiger partial charge in [0.2, 0.25) is 11.8 Å². The Kier molecular flexibility index (Phi) is 10.9. The Labute approximate surface area is 251 Å². The predicted molar refractivity (Wildman–Crippen MR) is 162 cm³/mol. The highest BCUT2D eigenvalue weighted by molar-refractivity contribution is 7.92. The van der Waals surface area contributed by atoms with Gasteiger partial charge >= 0.3 is 0 Å². The van der Waals surface area contributed by atoms with Crippen molar-refractivity contribution < 1.29 is 18.0 Å². The average Bonchev–Trinajstić information content (AvgIpc) is 2.88. The largest absolute Gasteiger partial charge is 0.352 e. The van der Waals surface area contributed by atoms with E-state index >= 15 is 0 Å². The third-order valence-corrected chi connectivity index (χ3v) is 8.80. The summed E-state index contributed by atoms with van der Waals surface area (Å²) in [6.45, 7) is 6.74. The lowest BCUT2D eigenvalue weighted by molar-refractivity contribution is -0.140. The Balaban J connectivity index is 2.08. The van der Waals surface area contributed by atoms with E-state index in [0.29, 0.717) is 32.7 Å². The second kappa shape index (κ2) is 13.7. The molecule has 0 saturated carbocycles. The maximum absolute atomic E-state index is 14.0. The van der Waals surface area contributed by atoms with E-state index in [9.17, 15) is 18.0 Å². The summed E-state index contributed by atoms with van der Waals surface area (Å²) in [6, 6.07) is 16.4. The van der Waals surface area contributed by atoms with Crippen molar-refractivity contribution >= 4 is 62.3 Å². The van der Waals surface area contributed by atoms with Gasteiger partial charge in [0.15, 0.2) is 0 Å². The molecule has 0 fully saturated rings. The molecule has 0 bridgehead atoms. The maximum atomic E-state index is 14.0. The number of hydrogen-bond acceptors (Lipinski definition) is 4. The van der Waals surface area contributed by atoms with Gasteiger partial charge < -0.3 is 10.2 Å². The molecule has 0 spiro atoms. The van der Waals surface area contributed by atoms with Crippen LogP contribution in [0.2, 0.25) is 15.1 Å². The van der Waals surface area contributed by atoms with Crippen LogP contribution in [0.25, 0.3) is 0 Å². The molecule has 7 nitrogen and oxygen atoms in total. The minimum absolute atomic E-state index is 0.0258. The van der Waals surface area contributed by atoms with Crippen LogP contribution >= 0.6 is 34.8 Å². The molecule has 1 N–H and O–H groups in total. The van der Waals surface area contributed by atoms with Gasteiger partial charge in [-0.25, -0.2) is 8.42 Å². The number of nitrogens with zero attached hydrogens (tertiary/aromatic N) is 2. The molecule has 0 aliphatic rings.